The number of pyridine rings is 1. The van der Waals surface area contributed by atoms with Crippen LogP contribution >= 0.6 is 23.2 Å². The van der Waals surface area contributed by atoms with Gasteiger partial charge in [0.15, 0.2) is 0 Å². The molecule has 0 bridgehead atoms. The van der Waals surface area contributed by atoms with Crippen LogP contribution in [0.5, 0.6) is 0 Å². The van der Waals surface area contributed by atoms with Gasteiger partial charge in [-0.05, 0) is 29.8 Å². The van der Waals surface area contributed by atoms with Gasteiger partial charge in [-0.25, -0.2) is 4.79 Å². The Balaban J connectivity index is 1.95. The molecular formula is C13H11Cl2N3O. The fraction of sp³-hybridized carbons (Fsp3) is 0.0769. The predicted molar refractivity (Wildman–Crippen MR) is 76.6 cm³/mol. The molecule has 98 valence electrons. The first-order valence-electron chi connectivity index (χ1n) is 5.54. The second-order valence-electron chi connectivity index (χ2n) is 3.76. The minimum atomic E-state index is -0.369. The quantitative estimate of drug-likeness (QED) is 0.907. The molecule has 0 atom stereocenters. The zero-order chi connectivity index (χ0) is 13.7. The summed E-state index contributed by atoms with van der Waals surface area (Å²) in [7, 11) is 0. The molecular weight excluding hydrogens is 285 g/mol. The number of aromatic nitrogens is 1. The molecule has 6 heteroatoms. The van der Waals surface area contributed by atoms with Gasteiger partial charge in [0.05, 0.1) is 15.7 Å². The molecule has 1 aromatic carbocycles. The van der Waals surface area contributed by atoms with Gasteiger partial charge >= 0.3 is 6.03 Å². The monoisotopic (exact) mass is 295 g/mol. The molecule has 0 fully saturated rings. The highest BCUT2D eigenvalue weighted by atomic mass is 35.5. The van der Waals surface area contributed by atoms with Gasteiger partial charge in [0.1, 0.15) is 0 Å². The fourth-order valence-corrected chi connectivity index (χ4v) is 1.95. The van der Waals surface area contributed by atoms with E-state index in [4.69, 9.17) is 23.2 Å². The van der Waals surface area contributed by atoms with Crippen LogP contribution in [0, 0.1) is 0 Å². The smallest absolute Gasteiger partial charge is 0.319 e. The first-order valence-corrected chi connectivity index (χ1v) is 6.30. The number of urea groups is 1. The molecule has 1 aromatic heterocycles. The number of hydrogen-bond acceptors (Lipinski definition) is 2. The third-order valence-electron chi connectivity index (χ3n) is 2.40. The zero-order valence-corrected chi connectivity index (χ0v) is 11.4. The molecule has 0 radical (unpaired) electrons. The Morgan fingerprint density at radius 2 is 1.74 bits per heavy atom. The largest absolute Gasteiger partial charge is 0.334 e. The summed E-state index contributed by atoms with van der Waals surface area (Å²) in [6, 6.07) is 8.31. The van der Waals surface area contributed by atoms with Gasteiger partial charge in [0.2, 0.25) is 0 Å². The SMILES string of the molecule is O=C(NCc1ccncc1)Nc1c(Cl)cccc1Cl. The summed E-state index contributed by atoms with van der Waals surface area (Å²) in [6.07, 6.45) is 3.33. The Bertz CT molecular complexity index is 555. The molecule has 2 N–H and O–H groups in total. The maximum Gasteiger partial charge on any atom is 0.319 e. The molecule has 2 rings (SSSR count). The summed E-state index contributed by atoms with van der Waals surface area (Å²) in [4.78, 5) is 15.6. The molecule has 0 saturated heterocycles. The number of nitrogens with one attached hydrogen (secondary N) is 2. The van der Waals surface area contributed by atoms with Gasteiger partial charge in [0, 0.05) is 18.9 Å². The van der Waals surface area contributed by atoms with Crippen LogP contribution in [0.15, 0.2) is 42.7 Å². The molecule has 1 heterocycles. The summed E-state index contributed by atoms with van der Waals surface area (Å²) in [5.74, 6) is 0. The summed E-state index contributed by atoms with van der Waals surface area (Å²) in [5.41, 5.74) is 1.36. The normalized spacial score (nSPS) is 10.0. The number of para-hydroxylation sites is 1. The van der Waals surface area contributed by atoms with Crippen molar-refractivity contribution in [3.8, 4) is 0 Å². The third-order valence-corrected chi connectivity index (χ3v) is 3.03. The summed E-state index contributed by atoms with van der Waals surface area (Å²) in [6.45, 7) is 0.399. The Morgan fingerprint density at radius 3 is 2.37 bits per heavy atom. The molecule has 0 spiro atoms. The zero-order valence-electron chi connectivity index (χ0n) is 9.86. The molecule has 0 aliphatic rings. The summed E-state index contributed by atoms with van der Waals surface area (Å²) < 4.78 is 0. The average Bonchev–Trinajstić information content (AvgIpc) is 2.42. The number of rotatable bonds is 3. The van der Waals surface area contributed by atoms with Gasteiger partial charge in [-0.2, -0.15) is 0 Å². The van der Waals surface area contributed by atoms with Crippen LogP contribution in [0.4, 0.5) is 10.5 Å². The summed E-state index contributed by atoms with van der Waals surface area (Å²) in [5, 5.41) is 6.12. The van der Waals surface area contributed by atoms with E-state index < -0.39 is 0 Å². The van der Waals surface area contributed by atoms with Crippen LogP contribution in [0.1, 0.15) is 5.56 Å². The van der Waals surface area contributed by atoms with Crippen molar-refractivity contribution in [1.82, 2.24) is 10.3 Å². The Labute approximate surface area is 120 Å². The molecule has 0 unspecified atom stereocenters. The number of carbonyl (C=O) groups excluding carboxylic acids is 1. The minimum absolute atomic E-state index is 0.369. The van der Waals surface area contributed by atoms with Crippen LogP contribution in [0.3, 0.4) is 0 Å². The number of hydrogen-bond donors (Lipinski definition) is 2. The topological polar surface area (TPSA) is 54.0 Å². The van der Waals surface area contributed by atoms with Crippen molar-refractivity contribution in [1.29, 1.82) is 0 Å². The fourth-order valence-electron chi connectivity index (χ4n) is 1.46. The van der Waals surface area contributed by atoms with E-state index in [1.54, 1.807) is 30.6 Å². The number of halogens is 2. The standard InChI is InChI=1S/C13H11Cl2N3O/c14-10-2-1-3-11(15)12(10)18-13(19)17-8-9-4-6-16-7-5-9/h1-7H,8H2,(H2,17,18,19). The first kappa shape index (κ1) is 13.6. The minimum Gasteiger partial charge on any atom is -0.334 e. The van der Waals surface area contributed by atoms with E-state index in [0.29, 0.717) is 22.3 Å². The highest BCUT2D eigenvalue weighted by Crippen LogP contribution is 2.29. The van der Waals surface area contributed by atoms with Gasteiger partial charge in [-0.15, -0.1) is 0 Å². The predicted octanol–water partition coefficient (Wildman–Crippen LogP) is 3.71. The highest BCUT2D eigenvalue weighted by Gasteiger charge is 2.08. The number of benzene rings is 1. The Morgan fingerprint density at radius 1 is 1.11 bits per heavy atom. The lowest BCUT2D eigenvalue weighted by Crippen LogP contribution is -2.28. The average molecular weight is 296 g/mol. The van der Waals surface area contributed by atoms with Gasteiger partial charge < -0.3 is 10.6 Å². The van der Waals surface area contributed by atoms with Crippen LogP contribution in [0.2, 0.25) is 10.0 Å². The Kier molecular flexibility index (Phi) is 4.60. The highest BCUT2D eigenvalue weighted by molar-refractivity contribution is 6.39. The van der Waals surface area contributed by atoms with E-state index in [-0.39, 0.29) is 6.03 Å². The molecule has 0 saturated carbocycles. The molecule has 0 aliphatic carbocycles. The van der Waals surface area contributed by atoms with Gasteiger partial charge in [-0.3, -0.25) is 4.98 Å². The molecule has 0 aliphatic heterocycles. The maximum absolute atomic E-state index is 11.7. The summed E-state index contributed by atoms with van der Waals surface area (Å²) >= 11 is 11.9. The Hall–Kier alpha value is -1.78. The maximum atomic E-state index is 11.7. The second-order valence-corrected chi connectivity index (χ2v) is 4.57. The lowest BCUT2D eigenvalue weighted by molar-refractivity contribution is 0.251. The molecule has 19 heavy (non-hydrogen) atoms. The lowest BCUT2D eigenvalue weighted by atomic mass is 10.3. The first-order chi connectivity index (χ1) is 9.16. The van der Waals surface area contributed by atoms with Crippen LogP contribution < -0.4 is 10.6 Å². The van der Waals surface area contributed by atoms with Crippen molar-refractivity contribution in [3.05, 3.63) is 58.3 Å². The van der Waals surface area contributed by atoms with Gasteiger partial charge in [-0.1, -0.05) is 29.3 Å². The lowest BCUT2D eigenvalue weighted by Gasteiger charge is -2.10. The van der Waals surface area contributed by atoms with E-state index in [2.05, 4.69) is 15.6 Å². The van der Waals surface area contributed by atoms with Crippen molar-refractivity contribution in [3.63, 3.8) is 0 Å². The number of nitrogens with zero attached hydrogens (tertiary/aromatic N) is 1. The third kappa shape index (κ3) is 3.84. The molecule has 2 aromatic rings. The molecule has 2 amide bonds. The van der Waals surface area contributed by atoms with Crippen molar-refractivity contribution >= 4 is 34.9 Å². The number of amides is 2. The van der Waals surface area contributed by atoms with Crippen molar-refractivity contribution < 1.29 is 4.79 Å². The van der Waals surface area contributed by atoms with E-state index >= 15 is 0 Å². The number of anilines is 1. The van der Waals surface area contributed by atoms with E-state index in [9.17, 15) is 4.79 Å². The van der Waals surface area contributed by atoms with E-state index in [1.807, 2.05) is 12.1 Å². The van der Waals surface area contributed by atoms with Crippen molar-refractivity contribution in [2.75, 3.05) is 5.32 Å². The van der Waals surface area contributed by atoms with Crippen LogP contribution in [-0.2, 0) is 6.54 Å². The number of carbonyl (C=O) groups is 1. The van der Waals surface area contributed by atoms with Gasteiger partial charge in [0.25, 0.3) is 0 Å². The van der Waals surface area contributed by atoms with E-state index in [0.717, 1.165) is 5.56 Å². The van der Waals surface area contributed by atoms with Crippen molar-refractivity contribution in [2.24, 2.45) is 0 Å². The van der Waals surface area contributed by atoms with E-state index in [1.165, 1.54) is 0 Å². The van der Waals surface area contributed by atoms with Crippen molar-refractivity contribution in [2.45, 2.75) is 6.54 Å². The van der Waals surface area contributed by atoms with Crippen LogP contribution in [-0.4, -0.2) is 11.0 Å². The molecule has 4 nitrogen and oxygen atoms in total. The van der Waals surface area contributed by atoms with Crippen LogP contribution in [0.25, 0.3) is 0 Å². The second kappa shape index (κ2) is 6.41.